The van der Waals surface area contributed by atoms with Gasteiger partial charge in [-0.2, -0.15) is 0 Å². The van der Waals surface area contributed by atoms with E-state index in [1.54, 1.807) is 0 Å². The molecule has 1 saturated carbocycles. The number of piperidine rings is 1. The van der Waals surface area contributed by atoms with Crippen LogP contribution in [0.1, 0.15) is 38.5 Å². The third kappa shape index (κ3) is 3.57. The first-order valence-electron chi connectivity index (χ1n) is 9.45. The van der Waals surface area contributed by atoms with Crippen molar-refractivity contribution in [3.8, 4) is 0 Å². The van der Waals surface area contributed by atoms with Crippen molar-refractivity contribution in [3.05, 3.63) is 0 Å². The van der Waals surface area contributed by atoms with Gasteiger partial charge in [0, 0.05) is 44.7 Å². The highest BCUT2D eigenvalue weighted by Crippen LogP contribution is 2.42. The highest BCUT2D eigenvalue weighted by atomic mass is 16.5. The third-order valence-corrected chi connectivity index (χ3v) is 6.14. The molecular weight excluding hydrogens is 292 g/mol. The summed E-state index contributed by atoms with van der Waals surface area (Å²) in [5.74, 6) is 1.10. The van der Waals surface area contributed by atoms with Gasteiger partial charge in [-0.1, -0.05) is 0 Å². The van der Waals surface area contributed by atoms with Crippen LogP contribution in [0.25, 0.3) is 0 Å². The molecule has 4 aliphatic rings. The summed E-state index contributed by atoms with van der Waals surface area (Å²) in [5, 5.41) is 0. The molecule has 0 aromatic carbocycles. The first-order valence-corrected chi connectivity index (χ1v) is 9.45. The van der Waals surface area contributed by atoms with Gasteiger partial charge in [-0.05, 0) is 44.4 Å². The minimum Gasteiger partial charge on any atom is -0.377 e. The Bertz CT molecular complexity index is 434. The Morgan fingerprint density at radius 1 is 1.17 bits per heavy atom. The van der Waals surface area contributed by atoms with E-state index in [0.29, 0.717) is 12.7 Å². The molecule has 1 amide bonds. The fourth-order valence-corrected chi connectivity index (χ4v) is 4.57. The largest absolute Gasteiger partial charge is 0.377 e. The maximum absolute atomic E-state index is 12.2. The van der Waals surface area contributed by atoms with Crippen molar-refractivity contribution in [2.24, 2.45) is 11.3 Å². The first kappa shape index (κ1) is 15.9. The Morgan fingerprint density at radius 3 is 2.78 bits per heavy atom. The van der Waals surface area contributed by atoms with E-state index in [2.05, 4.69) is 4.90 Å². The van der Waals surface area contributed by atoms with Gasteiger partial charge in [-0.15, -0.1) is 0 Å². The van der Waals surface area contributed by atoms with Crippen molar-refractivity contribution >= 4 is 5.91 Å². The van der Waals surface area contributed by atoms with Crippen LogP contribution in [0.2, 0.25) is 0 Å². The quantitative estimate of drug-likeness (QED) is 0.743. The number of amides is 1. The van der Waals surface area contributed by atoms with Crippen molar-refractivity contribution < 1.29 is 14.3 Å². The zero-order valence-electron chi connectivity index (χ0n) is 14.2. The lowest BCUT2D eigenvalue weighted by molar-refractivity contribution is -0.138. The van der Waals surface area contributed by atoms with Crippen LogP contribution in [0, 0.1) is 11.3 Å². The van der Waals surface area contributed by atoms with Crippen molar-refractivity contribution in [2.45, 2.75) is 44.6 Å². The number of carbonyl (C=O) groups excluding carboxylic acids is 1. The summed E-state index contributed by atoms with van der Waals surface area (Å²) < 4.78 is 11.9. The minimum absolute atomic E-state index is 0.123. The number of hydrogen-bond acceptors (Lipinski definition) is 4. The molecule has 5 nitrogen and oxygen atoms in total. The van der Waals surface area contributed by atoms with Crippen LogP contribution >= 0.6 is 0 Å². The number of rotatable bonds is 6. The van der Waals surface area contributed by atoms with Crippen molar-refractivity contribution in [1.82, 2.24) is 9.80 Å². The smallest absolute Gasteiger partial charge is 0.248 e. The van der Waals surface area contributed by atoms with E-state index >= 15 is 0 Å². The van der Waals surface area contributed by atoms with E-state index in [4.69, 9.17) is 9.47 Å². The summed E-state index contributed by atoms with van der Waals surface area (Å²) in [6.45, 7) is 7.10. The molecule has 0 N–H and O–H groups in total. The fraction of sp³-hybridized carbons (Fsp3) is 0.944. The van der Waals surface area contributed by atoms with E-state index in [1.165, 1.54) is 19.4 Å². The van der Waals surface area contributed by atoms with Gasteiger partial charge in [0.2, 0.25) is 5.91 Å². The van der Waals surface area contributed by atoms with Crippen LogP contribution in [-0.4, -0.2) is 74.4 Å². The molecule has 0 aromatic heterocycles. The Hall–Kier alpha value is -0.650. The number of nitrogens with zero attached hydrogens (tertiary/aromatic N) is 2. The molecular formula is C18H30N2O3. The average molecular weight is 322 g/mol. The highest BCUT2D eigenvalue weighted by molar-refractivity contribution is 5.77. The van der Waals surface area contributed by atoms with Crippen LogP contribution in [0.4, 0.5) is 0 Å². The molecule has 3 saturated heterocycles. The van der Waals surface area contributed by atoms with Gasteiger partial charge in [0.1, 0.15) is 6.61 Å². The highest BCUT2D eigenvalue weighted by Gasteiger charge is 2.48. The number of ether oxygens (including phenoxy) is 2. The zero-order chi connectivity index (χ0) is 15.7. The molecule has 3 heterocycles. The van der Waals surface area contributed by atoms with Crippen LogP contribution < -0.4 is 0 Å². The molecule has 0 bridgehead atoms. The summed E-state index contributed by atoms with van der Waals surface area (Å²) in [5.41, 5.74) is 0.123. The summed E-state index contributed by atoms with van der Waals surface area (Å²) >= 11 is 0. The lowest BCUT2D eigenvalue weighted by atomic mass is 9.77. The Kier molecular flexibility index (Phi) is 4.61. The van der Waals surface area contributed by atoms with Gasteiger partial charge >= 0.3 is 0 Å². The minimum atomic E-state index is 0.123. The lowest BCUT2D eigenvalue weighted by Crippen LogP contribution is -2.52. The molecule has 0 spiro atoms. The van der Waals surface area contributed by atoms with Gasteiger partial charge in [-0.3, -0.25) is 4.79 Å². The summed E-state index contributed by atoms with van der Waals surface area (Å²) in [4.78, 5) is 16.7. The standard InChI is InChI=1S/C18H30N2O3/c21-17(20-7-1-2-8-20)12-22-14-18-6-10-23-16(18)5-9-19(13-18)11-15-3-4-15/h15-16H,1-14H2/t16-,18+/m0/s1. The second-order valence-electron chi connectivity index (χ2n) is 8.02. The van der Waals surface area contributed by atoms with Gasteiger partial charge in [-0.25, -0.2) is 0 Å². The van der Waals surface area contributed by atoms with Crippen molar-refractivity contribution in [3.63, 3.8) is 0 Å². The molecule has 0 unspecified atom stereocenters. The molecule has 5 heteroatoms. The molecule has 2 atom stereocenters. The number of fused-ring (bicyclic) bond motifs is 1. The maximum atomic E-state index is 12.2. The Labute approximate surface area is 139 Å². The Balaban J connectivity index is 1.30. The van der Waals surface area contributed by atoms with Crippen LogP contribution in [0.3, 0.4) is 0 Å². The topological polar surface area (TPSA) is 42.0 Å². The SMILES string of the molecule is O=C(COC[C@]12CCO[C@H]1CCN(CC1CC1)C2)N1CCCC1. The van der Waals surface area contributed by atoms with Crippen molar-refractivity contribution in [1.29, 1.82) is 0 Å². The van der Waals surface area contributed by atoms with Crippen molar-refractivity contribution in [2.75, 3.05) is 52.5 Å². The van der Waals surface area contributed by atoms with E-state index in [-0.39, 0.29) is 17.9 Å². The molecule has 0 aromatic rings. The first-order chi connectivity index (χ1) is 11.3. The van der Waals surface area contributed by atoms with E-state index in [0.717, 1.165) is 64.4 Å². The molecule has 3 aliphatic heterocycles. The number of carbonyl (C=O) groups is 1. The van der Waals surface area contributed by atoms with Crippen LogP contribution in [0.15, 0.2) is 0 Å². The van der Waals surface area contributed by atoms with Gasteiger partial charge in [0.15, 0.2) is 0 Å². The normalized spacial score (nSPS) is 34.8. The average Bonchev–Trinajstić information content (AvgIpc) is 3.04. The van der Waals surface area contributed by atoms with Gasteiger partial charge in [0.05, 0.1) is 12.7 Å². The summed E-state index contributed by atoms with van der Waals surface area (Å²) in [6, 6.07) is 0. The van der Waals surface area contributed by atoms with Gasteiger partial charge < -0.3 is 19.3 Å². The molecule has 4 fully saturated rings. The van der Waals surface area contributed by atoms with E-state index in [1.807, 2.05) is 4.90 Å². The number of likely N-dealkylation sites (tertiary alicyclic amines) is 2. The maximum Gasteiger partial charge on any atom is 0.248 e. The predicted molar refractivity (Wildman–Crippen MR) is 87.2 cm³/mol. The Morgan fingerprint density at radius 2 is 2.00 bits per heavy atom. The summed E-state index contributed by atoms with van der Waals surface area (Å²) in [7, 11) is 0. The molecule has 0 radical (unpaired) electrons. The van der Waals surface area contributed by atoms with E-state index in [9.17, 15) is 4.79 Å². The lowest BCUT2D eigenvalue weighted by Gasteiger charge is -2.43. The monoisotopic (exact) mass is 322 g/mol. The predicted octanol–water partition coefficient (Wildman–Crippen LogP) is 1.52. The second kappa shape index (κ2) is 6.69. The summed E-state index contributed by atoms with van der Waals surface area (Å²) in [6.07, 6.45) is 7.63. The van der Waals surface area contributed by atoms with Gasteiger partial charge in [0.25, 0.3) is 0 Å². The van der Waals surface area contributed by atoms with Crippen LogP contribution in [-0.2, 0) is 14.3 Å². The molecule has 23 heavy (non-hydrogen) atoms. The molecule has 1 aliphatic carbocycles. The fourth-order valence-electron chi connectivity index (χ4n) is 4.57. The number of hydrogen-bond donors (Lipinski definition) is 0. The molecule has 4 rings (SSSR count). The third-order valence-electron chi connectivity index (χ3n) is 6.14. The van der Waals surface area contributed by atoms with E-state index < -0.39 is 0 Å². The second-order valence-corrected chi connectivity index (χ2v) is 8.02. The molecule has 130 valence electrons. The zero-order valence-corrected chi connectivity index (χ0v) is 14.2. The van der Waals surface area contributed by atoms with Crippen LogP contribution in [0.5, 0.6) is 0 Å².